The normalized spacial score (nSPS) is 11.4. The van der Waals surface area contributed by atoms with E-state index in [0.717, 1.165) is 6.07 Å². The van der Waals surface area contributed by atoms with E-state index >= 15 is 0 Å². The van der Waals surface area contributed by atoms with Crippen molar-refractivity contribution in [2.24, 2.45) is 0 Å². The molecule has 2 rings (SSSR count). The van der Waals surface area contributed by atoms with Crippen LogP contribution in [0, 0.1) is 5.82 Å². The van der Waals surface area contributed by atoms with Gasteiger partial charge in [0.05, 0.1) is 10.6 Å². The van der Waals surface area contributed by atoms with Crippen molar-refractivity contribution in [3.05, 3.63) is 46.7 Å². The van der Waals surface area contributed by atoms with Crippen molar-refractivity contribution in [3.8, 4) is 11.6 Å². The summed E-state index contributed by atoms with van der Waals surface area (Å²) in [6.07, 6.45) is -4.58. The quantitative estimate of drug-likeness (QED) is 0.843. The number of halogens is 5. The Morgan fingerprint density at radius 3 is 2.45 bits per heavy atom. The molecule has 0 aliphatic heterocycles. The van der Waals surface area contributed by atoms with Gasteiger partial charge in [0.2, 0.25) is 5.88 Å². The molecule has 0 atom stereocenters. The minimum Gasteiger partial charge on any atom is -0.439 e. The van der Waals surface area contributed by atoms with Crippen LogP contribution in [0.1, 0.15) is 5.56 Å². The second kappa shape index (κ2) is 5.16. The maximum atomic E-state index is 13.2. The Hall–Kier alpha value is -2.02. The van der Waals surface area contributed by atoms with Gasteiger partial charge in [-0.05, 0) is 18.2 Å². The predicted octanol–water partition coefficient (Wildman–Crippen LogP) is 4.27. The van der Waals surface area contributed by atoms with Crippen LogP contribution in [0.15, 0.2) is 30.3 Å². The Morgan fingerprint density at radius 1 is 1.15 bits per heavy atom. The number of benzene rings is 1. The molecule has 20 heavy (non-hydrogen) atoms. The number of hydrogen-bond donors (Lipinski definition) is 1. The van der Waals surface area contributed by atoms with Gasteiger partial charge in [-0.25, -0.2) is 4.39 Å². The Bertz CT molecular complexity index is 646. The van der Waals surface area contributed by atoms with Crippen LogP contribution in [-0.4, -0.2) is 4.98 Å². The number of rotatable bonds is 2. The van der Waals surface area contributed by atoms with Gasteiger partial charge in [-0.3, -0.25) is 0 Å². The Morgan fingerprint density at radius 2 is 1.85 bits per heavy atom. The number of ether oxygens (including phenoxy) is 1. The average Bonchev–Trinajstić information content (AvgIpc) is 2.32. The van der Waals surface area contributed by atoms with Gasteiger partial charge in [0.25, 0.3) is 0 Å². The van der Waals surface area contributed by atoms with Crippen molar-refractivity contribution in [1.82, 2.24) is 4.98 Å². The molecule has 8 heteroatoms. The zero-order valence-electron chi connectivity index (χ0n) is 9.71. The third kappa shape index (κ3) is 3.30. The van der Waals surface area contributed by atoms with E-state index in [2.05, 4.69) is 4.98 Å². The summed E-state index contributed by atoms with van der Waals surface area (Å²) in [4.78, 5) is 3.59. The lowest BCUT2D eigenvalue weighted by Crippen LogP contribution is -2.07. The molecule has 0 aliphatic carbocycles. The van der Waals surface area contributed by atoms with Gasteiger partial charge in [-0.2, -0.15) is 18.2 Å². The predicted molar refractivity (Wildman–Crippen MR) is 65.1 cm³/mol. The molecule has 0 saturated carbocycles. The molecule has 1 aromatic carbocycles. The SMILES string of the molecule is Nc1cc(C(F)(F)F)cc(Oc2ccc(Cl)c(F)c2)n1. The average molecular weight is 307 g/mol. The molecule has 0 fully saturated rings. The zero-order chi connectivity index (χ0) is 14.9. The van der Waals surface area contributed by atoms with Gasteiger partial charge < -0.3 is 10.5 Å². The van der Waals surface area contributed by atoms with Gasteiger partial charge in [0.1, 0.15) is 17.4 Å². The van der Waals surface area contributed by atoms with Crippen molar-refractivity contribution < 1.29 is 22.3 Å². The summed E-state index contributed by atoms with van der Waals surface area (Å²) in [7, 11) is 0. The number of nitrogens with two attached hydrogens (primary N) is 1. The number of nitrogen functional groups attached to an aromatic ring is 1. The largest absolute Gasteiger partial charge is 0.439 e. The van der Waals surface area contributed by atoms with E-state index in [-0.39, 0.29) is 22.5 Å². The molecule has 1 aromatic heterocycles. The summed E-state index contributed by atoms with van der Waals surface area (Å²) in [6.45, 7) is 0. The Balaban J connectivity index is 2.33. The first-order valence-corrected chi connectivity index (χ1v) is 5.61. The highest BCUT2D eigenvalue weighted by molar-refractivity contribution is 6.30. The van der Waals surface area contributed by atoms with E-state index in [4.69, 9.17) is 22.1 Å². The minimum atomic E-state index is -4.58. The fraction of sp³-hybridized carbons (Fsp3) is 0.0833. The molecule has 2 aromatic rings. The number of nitrogens with zero attached hydrogens (tertiary/aromatic N) is 1. The summed E-state index contributed by atoms with van der Waals surface area (Å²) < 4.78 is 56.0. The maximum Gasteiger partial charge on any atom is 0.416 e. The smallest absolute Gasteiger partial charge is 0.416 e. The first kappa shape index (κ1) is 14.4. The van der Waals surface area contributed by atoms with Gasteiger partial charge in [0, 0.05) is 12.1 Å². The molecule has 0 amide bonds. The number of pyridine rings is 1. The van der Waals surface area contributed by atoms with E-state index < -0.39 is 17.6 Å². The second-order valence-corrected chi connectivity index (χ2v) is 4.20. The highest BCUT2D eigenvalue weighted by Gasteiger charge is 2.31. The number of hydrogen-bond acceptors (Lipinski definition) is 3. The lowest BCUT2D eigenvalue weighted by atomic mass is 10.2. The summed E-state index contributed by atoms with van der Waals surface area (Å²) in [5.74, 6) is -1.55. The van der Waals surface area contributed by atoms with Crippen LogP contribution in [-0.2, 0) is 6.18 Å². The van der Waals surface area contributed by atoms with E-state index in [0.29, 0.717) is 12.1 Å². The number of aromatic nitrogens is 1. The molecule has 0 spiro atoms. The van der Waals surface area contributed by atoms with Crippen LogP contribution in [0.5, 0.6) is 11.6 Å². The van der Waals surface area contributed by atoms with E-state index in [1.807, 2.05) is 0 Å². The molecule has 3 nitrogen and oxygen atoms in total. The lowest BCUT2D eigenvalue weighted by molar-refractivity contribution is -0.137. The zero-order valence-corrected chi connectivity index (χ0v) is 10.5. The first-order chi connectivity index (χ1) is 9.25. The van der Waals surface area contributed by atoms with Crippen LogP contribution in [0.3, 0.4) is 0 Å². The third-order valence-corrected chi connectivity index (χ3v) is 2.57. The second-order valence-electron chi connectivity index (χ2n) is 3.79. The fourth-order valence-corrected chi connectivity index (χ4v) is 1.52. The van der Waals surface area contributed by atoms with Crippen LogP contribution < -0.4 is 10.5 Å². The van der Waals surface area contributed by atoms with Gasteiger partial charge in [0.15, 0.2) is 0 Å². The molecule has 2 N–H and O–H groups in total. The molecule has 0 bridgehead atoms. The Kier molecular flexibility index (Phi) is 3.71. The molecular weight excluding hydrogens is 300 g/mol. The van der Waals surface area contributed by atoms with Gasteiger partial charge in [-0.1, -0.05) is 11.6 Å². The summed E-state index contributed by atoms with van der Waals surface area (Å²) >= 11 is 5.48. The molecule has 0 radical (unpaired) electrons. The Labute approximate surface area is 115 Å². The standard InChI is InChI=1S/C12H7ClF4N2O/c13-8-2-1-7(5-9(8)14)20-11-4-6(12(15,16)17)3-10(18)19-11/h1-5H,(H2,18,19). The van der Waals surface area contributed by atoms with Crippen molar-refractivity contribution in [2.75, 3.05) is 5.73 Å². The van der Waals surface area contributed by atoms with Crippen LogP contribution in [0.25, 0.3) is 0 Å². The van der Waals surface area contributed by atoms with Crippen LogP contribution >= 0.6 is 11.6 Å². The van der Waals surface area contributed by atoms with Gasteiger partial charge >= 0.3 is 6.18 Å². The van der Waals surface area contributed by atoms with Crippen LogP contribution in [0.2, 0.25) is 5.02 Å². The third-order valence-electron chi connectivity index (χ3n) is 2.26. The van der Waals surface area contributed by atoms with E-state index in [1.165, 1.54) is 12.1 Å². The molecule has 0 aliphatic rings. The number of anilines is 1. The molecule has 106 valence electrons. The highest BCUT2D eigenvalue weighted by Crippen LogP contribution is 2.33. The monoisotopic (exact) mass is 306 g/mol. The summed E-state index contributed by atoms with van der Waals surface area (Å²) in [5, 5.41) is -0.131. The van der Waals surface area contributed by atoms with Crippen molar-refractivity contribution >= 4 is 17.4 Å². The molecular formula is C12H7ClF4N2O. The van der Waals surface area contributed by atoms with Crippen molar-refractivity contribution in [3.63, 3.8) is 0 Å². The van der Waals surface area contributed by atoms with Gasteiger partial charge in [-0.15, -0.1) is 0 Å². The summed E-state index contributed by atoms with van der Waals surface area (Å²) in [6, 6.07) is 4.78. The first-order valence-electron chi connectivity index (χ1n) is 5.23. The lowest BCUT2D eigenvalue weighted by Gasteiger charge is -2.10. The fourth-order valence-electron chi connectivity index (χ4n) is 1.40. The van der Waals surface area contributed by atoms with E-state index in [9.17, 15) is 17.6 Å². The molecule has 0 saturated heterocycles. The molecule has 0 unspecified atom stereocenters. The number of alkyl halides is 3. The highest BCUT2D eigenvalue weighted by atomic mass is 35.5. The van der Waals surface area contributed by atoms with Crippen molar-refractivity contribution in [1.29, 1.82) is 0 Å². The van der Waals surface area contributed by atoms with Crippen LogP contribution in [0.4, 0.5) is 23.4 Å². The molecule has 1 heterocycles. The minimum absolute atomic E-state index is 0.0434. The summed E-state index contributed by atoms with van der Waals surface area (Å²) in [5.41, 5.74) is 4.27. The van der Waals surface area contributed by atoms with E-state index in [1.54, 1.807) is 0 Å². The maximum absolute atomic E-state index is 13.2. The topological polar surface area (TPSA) is 48.1 Å². The van der Waals surface area contributed by atoms with Crippen molar-refractivity contribution in [2.45, 2.75) is 6.18 Å².